The van der Waals surface area contributed by atoms with Gasteiger partial charge in [0.1, 0.15) is 11.6 Å². The van der Waals surface area contributed by atoms with E-state index in [-0.39, 0.29) is 17.3 Å². The first-order chi connectivity index (χ1) is 9.15. The average molecular weight is 277 g/mol. The van der Waals surface area contributed by atoms with Crippen molar-refractivity contribution in [2.24, 2.45) is 0 Å². The van der Waals surface area contributed by atoms with Crippen LogP contribution in [-0.4, -0.2) is 22.3 Å². The molecule has 19 heavy (non-hydrogen) atoms. The maximum absolute atomic E-state index is 13.2. The predicted octanol–water partition coefficient (Wildman–Crippen LogP) is 2.06. The Bertz CT molecular complexity index is 641. The number of pyridine rings is 1. The molecule has 0 aliphatic carbocycles. The Morgan fingerprint density at radius 2 is 2.37 bits per heavy atom. The first-order valence-electron chi connectivity index (χ1n) is 5.90. The average Bonchev–Trinajstić information content (AvgIpc) is 2.88. The predicted molar refractivity (Wildman–Crippen MR) is 71.4 cm³/mol. The molecule has 1 aliphatic heterocycles. The van der Waals surface area contributed by atoms with E-state index in [1.807, 2.05) is 11.4 Å². The van der Waals surface area contributed by atoms with E-state index in [0.29, 0.717) is 13.1 Å². The number of nitrogen functional groups attached to an aromatic ring is 1. The standard InChI is InChI=1S/C13H12FN3OS/c14-9-5-10(12(15)16-6-9)13(18)17-3-1-11-8(7-17)2-4-19-11/h2,4-6H,1,3,7H2,(H2,15,16). The molecule has 2 N–H and O–H groups in total. The van der Waals surface area contributed by atoms with Crippen LogP contribution in [0.2, 0.25) is 0 Å². The Kier molecular flexibility index (Phi) is 2.94. The zero-order valence-electron chi connectivity index (χ0n) is 10.1. The molecule has 0 saturated carbocycles. The number of rotatable bonds is 1. The number of hydrogen-bond donors (Lipinski definition) is 1. The van der Waals surface area contributed by atoms with Gasteiger partial charge in [0.15, 0.2) is 0 Å². The van der Waals surface area contributed by atoms with E-state index in [4.69, 9.17) is 5.73 Å². The molecule has 2 aromatic rings. The number of carbonyl (C=O) groups is 1. The molecule has 1 amide bonds. The van der Waals surface area contributed by atoms with E-state index < -0.39 is 5.82 Å². The lowest BCUT2D eigenvalue weighted by molar-refractivity contribution is 0.0736. The highest BCUT2D eigenvalue weighted by Crippen LogP contribution is 2.25. The van der Waals surface area contributed by atoms with Crippen molar-refractivity contribution in [3.8, 4) is 0 Å². The maximum atomic E-state index is 13.2. The van der Waals surface area contributed by atoms with Gasteiger partial charge >= 0.3 is 0 Å². The topological polar surface area (TPSA) is 59.2 Å². The van der Waals surface area contributed by atoms with Crippen LogP contribution in [-0.2, 0) is 13.0 Å². The Hall–Kier alpha value is -1.95. The number of thiophene rings is 1. The lowest BCUT2D eigenvalue weighted by Gasteiger charge is -2.27. The fraction of sp³-hybridized carbons (Fsp3) is 0.231. The summed E-state index contributed by atoms with van der Waals surface area (Å²) in [6.45, 7) is 1.18. The Balaban J connectivity index is 1.87. The van der Waals surface area contributed by atoms with Gasteiger partial charge in [0, 0.05) is 18.0 Å². The lowest BCUT2D eigenvalue weighted by atomic mass is 10.1. The Labute approximate surface area is 113 Å². The van der Waals surface area contributed by atoms with Crippen LogP contribution in [0.3, 0.4) is 0 Å². The van der Waals surface area contributed by atoms with Crippen molar-refractivity contribution in [2.45, 2.75) is 13.0 Å². The van der Waals surface area contributed by atoms with Crippen LogP contribution in [0.1, 0.15) is 20.8 Å². The summed E-state index contributed by atoms with van der Waals surface area (Å²) in [6, 6.07) is 3.17. The van der Waals surface area contributed by atoms with Crippen molar-refractivity contribution in [3.05, 3.63) is 45.5 Å². The summed E-state index contributed by atoms with van der Waals surface area (Å²) >= 11 is 1.71. The number of aromatic nitrogens is 1. The SMILES string of the molecule is Nc1ncc(F)cc1C(=O)N1CCc2sccc2C1. The molecule has 0 aromatic carbocycles. The molecule has 0 bridgehead atoms. The minimum absolute atomic E-state index is 0.0718. The summed E-state index contributed by atoms with van der Waals surface area (Å²) in [7, 11) is 0. The summed E-state index contributed by atoms with van der Waals surface area (Å²) in [6.07, 6.45) is 1.85. The van der Waals surface area contributed by atoms with Crippen LogP contribution in [0.5, 0.6) is 0 Å². The van der Waals surface area contributed by atoms with Gasteiger partial charge in [-0.15, -0.1) is 11.3 Å². The monoisotopic (exact) mass is 277 g/mol. The van der Waals surface area contributed by atoms with Crippen LogP contribution in [0.4, 0.5) is 10.2 Å². The quantitative estimate of drug-likeness (QED) is 0.868. The molecule has 1 aliphatic rings. The molecule has 3 heterocycles. The molecule has 6 heteroatoms. The van der Waals surface area contributed by atoms with Crippen molar-refractivity contribution < 1.29 is 9.18 Å². The fourth-order valence-corrected chi connectivity index (χ4v) is 3.10. The first-order valence-corrected chi connectivity index (χ1v) is 6.78. The third-order valence-electron chi connectivity index (χ3n) is 3.21. The van der Waals surface area contributed by atoms with Crippen molar-refractivity contribution in [3.63, 3.8) is 0 Å². The number of anilines is 1. The summed E-state index contributed by atoms with van der Waals surface area (Å²) in [5.41, 5.74) is 6.95. The van der Waals surface area contributed by atoms with Gasteiger partial charge in [-0.1, -0.05) is 0 Å². The van der Waals surface area contributed by atoms with Gasteiger partial charge in [-0.3, -0.25) is 4.79 Å². The van der Waals surface area contributed by atoms with Gasteiger partial charge in [-0.05, 0) is 29.5 Å². The van der Waals surface area contributed by atoms with E-state index in [9.17, 15) is 9.18 Å². The van der Waals surface area contributed by atoms with Gasteiger partial charge in [-0.2, -0.15) is 0 Å². The molecule has 0 spiro atoms. The Morgan fingerprint density at radius 1 is 1.53 bits per heavy atom. The highest BCUT2D eigenvalue weighted by Gasteiger charge is 2.24. The number of nitrogens with zero attached hydrogens (tertiary/aromatic N) is 2. The minimum atomic E-state index is -0.550. The van der Waals surface area contributed by atoms with E-state index >= 15 is 0 Å². The summed E-state index contributed by atoms with van der Waals surface area (Å²) in [5, 5.41) is 2.02. The number of fused-ring (bicyclic) bond motifs is 1. The molecule has 2 aromatic heterocycles. The molecule has 98 valence electrons. The van der Waals surface area contributed by atoms with Crippen molar-refractivity contribution in [1.82, 2.24) is 9.88 Å². The number of nitrogens with two attached hydrogens (primary N) is 1. The second-order valence-corrected chi connectivity index (χ2v) is 5.43. The van der Waals surface area contributed by atoms with Crippen molar-refractivity contribution in [2.75, 3.05) is 12.3 Å². The summed E-state index contributed by atoms with van der Waals surface area (Å²) in [4.78, 5) is 19.0. The number of halogens is 1. The molecule has 0 fully saturated rings. The molecule has 4 nitrogen and oxygen atoms in total. The van der Waals surface area contributed by atoms with Gasteiger partial charge in [-0.25, -0.2) is 9.37 Å². The van der Waals surface area contributed by atoms with Crippen molar-refractivity contribution >= 4 is 23.1 Å². The smallest absolute Gasteiger partial charge is 0.258 e. The van der Waals surface area contributed by atoms with Gasteiger partial charge in [0.25, 0.3) is 5.91 Å². The number of hydrogen-bond acceptors (Lipinski definition) is 4. The Morgan fingerprint density at radius 3 is 3.21 bits per heavy atom. The normalized spacial score (nSPS) is 14.3. The third kappa shape index (κ3) is 2.19. The summed E-state index contributed by atoms with van der Waals surface area (Å²) in [5.74, 6) is -0.741. The van der Waals surface area contributed by atoms with E-state index in [0.717, 1.165) is 24.2 Å². The fourth-order valence-electron chi connectivity index (χ4n) is 2.21. The largest absolute Gasteiger partial charge is 0.383 e. The molecule has 0 atom stereocenters. The van der Waals surface area contributed by atoms with Crippen LogP contribution in [0.15, 0.2) is 23.7 Å². The van der Waals surface area contributed by atoms with E-state index in [1.54, 1.807) is 16.2 Å². The van der Waals surface area contributed by atoms with E-state index in [1.165, 1.54) is 4.88 Å². The molecule has 0 radical (unpaired) electrons. The highest BCUT2D eigenvalue weighted by atomic mass is 32.1. The van der Waals surface area contributed by atoms with Crippen LogP contribution >= 0.6 is 11.3 Å². The van der Waals surface area contributed by atoms with E-state index in [2.05, 4.69) is 4.98 Å². The first kappa shape index (κ1) is 12.1. The number of amides is 1. The lowest BCUT2D eigenvalue weighted by Crippen LogP contribution is -2.35. The molecular weight excluding hydrogens is 265 g/mol. The van der Waals surface area contributed by atoms with Crippen molar-refractivity contribution in [1.29, 1.82) is 0 Å². The molecule has 3 rings (SSSR count). The second-order valence-electron chi connectivity index (χ2n) is 4.43. The molecule has 0 saturated heterocycles. The van der Waals surface area contributed by atoms with Crippen LogP contribution < -0.4 is 5.73 Å². The molecule has 0 unspecified atom stereocenters. The maximum Gasteiger partial charge on any atom is 0.258 e. The second kappa shape index (κ2) is 4.62. The molecular formula is C13H12FN3OS. The van der Waals surface area contributed by atoms with Gasteiger partial charge < -0.3 is 10.6 Å². The van der Waals surface area contributed by atoms with Gasteiger partial charge in [0.05, 0.1) is 11.8 Å². The zero-order chi connectivity index (χ0) is 13.4. The van der Waals surface area contributed by atoms with Gasteiger partial charge in [0.2, 0.25) is 0 Å². The van der Waals surface area contributed by atoms with Crippen LogP contribution in [0, 0.1) is 5.82 Å². The third-order valence-corrected chi connectivity index (χ3v) is 4.23. The minimum Gasteiger partial charge on any atom is -0.383 e. The van der Waals surface area contributed by atoms with Crippen LogP contribution in [0.25, 0.3) is 0 Å². The zero-order valence-corrected chi connectivity index (χ0v) is 10.9. The highest BCUT2D eigenvalue weighted by molar-refractivity contribution is 7.10. The summed E-state index contributed by atoms with van der Waals surface area (Å²) < 4.78 is 13.2. The number of carbonyl (C=O) groups excluding carboxylic acids is 1.